The molecule has 0 saturated carbocycles. The van der Waals surface area contributed by atoms with Gasteiger partial charge in [0.1, 0.15) is 15.8 Å². The second kappa shape index (κ2) is 3.89. The molecule has 5 heteroatoms. The highest BCUT2D eigenvalue weighted by atomic mass is 32.1. The van der Waals surface area contributed by atoms with Crippen molar-refractivity contribution in [1.29, 1.82) is 0 Å². The molecule has 0 aliphatic rings. The highest BCUT2D eigenvalue weighted by molar-refractivity contribution is 7.11. The van der Waals surface area contributed by atoms with Gasteiger partial charge in [-0.05, 0) is 19.1 Å². The fourth-order valence-electron chi connectivity index (χ4n) is 1.21. The van der Waals surface area contributed by atoms with Crippen LogP contribution < -0.4 is 5.73 Å². The van der Waals surface area contributed by atoms with Gasteiger partial charge in [0.15, 0.2) is 0 Å². The predicted octanol–water partition coefficient (Wildman–Crippen LogP) is 1.68. The summed E-state index contributed by atoms with van der Waals surface area (Å²) < 4.78 is 5.21. The third-order valence-electron chi connectivity index (χ3n) is 1.87. The molecule has 2 N–H and O–H groups in total. The molecule has 1 unspecified atom stereocenters. The van der Waals surface area contributed by atoms with Gasteiger partial charge >= 0.3 is 0 Å². The lowest BCUT2D eigenvalue weighted by Gasteiger charge is -2.04. The fourth-order valence-corrected chi connectivity index (χ4v) is 1.98. The van der Waals surface area contributed by atoms with E-state index in [0.717, 1.165) is 15.8 Å². The summed E-state index contributed by atoms with van der Waals surface area (Å²) in [6.07, 6.45) is 2.31. The fraction of sp³-hybridized carbons (Fsp3) is 0.333. The standard InChI is InChI=1S/C9H11N3OS/c1-6-11-12-9(14-6)5-7(10)8-3-2-4-13-8/h2-4,7H,5,10H2,1H3. The Hall–Kier alpha value is -1.20. The van der Waals surface area contributed by atoms with Gasteiger partial charge in [0, 0.05) is 6.42 Å². The van der Waals surface area contributed by atoms with Crippen molar-refractivity contribution in [3.05, 3.63) is 34.2 Å². The summed E-state index contributed by atoms with van der Waals surface area (Å²) in [5, 5.41) is 9.86. The third kappa shape index (κ3) is 2.00. The first kappa shape index (κ1) is 9.36. The molecule has 0 radical (unpaired) electrons. The van der Waals surface area contributed by atoms with Gasteiger partial charge in [0.2, 0.25) is 0 Å². The first-order valence-corrected chi connectivity index (χ1v) is 5.15. The molecule has 0 amide bonds. The largest absolute Gasteiger partial charge is 0.468 e. The Bertz CT molecular complexity index is 396. The molecule has 0 aliphatic carbocycles. The van der Waals surface area contributed by atoms with Gasteiger partial charge in [-0.15, -0.1) is 21.5 Å². The van der Waals surface area contributed by atoms with Crippen molar-refractivity contribution in [2.24, 2.45) is 5.73 Å². The lowest BCUT2D eigenvalue weighted by molar-refractivity contribution is 0.464. The van der Waals surface area contributed by atoms with Gasteiger partial charge in [-0.25, -0.2) is 0 Å². The van der Waals surface area contributed by atoms with E-state index in [1.165, 1.54) is 0 Å². The molecule has 2 rings (SSSR count). The van der Waals surface area contributed by atoms with Crippen LogP contribution in [0.4, 0.5) is 0 Å². The molecular weight excluding hydrogens is 198 g/mol. The molecule has 2 heterocycles. The molecule has 0 aliphatic heterocycles. The van der Waals surface area contributed by atoms with Crippen LogP contribution in [0.15, 0.2) is 22.8 Å². The first-order chi connectivity index (χ1) is 6.75. The van der Waals surface area contributed by atoms with E-state index in [1.807, 2.05) is 19.1 Å². The number of hydrogen-bond donors (Lipinski definition) is 1. The minimum Gasteiger partial charge on any atom is -0.468 e. The molecule has 14 heavy (non-hydrogen) atoms. The summed E-state index contributed by atoms with van der Waals surface area (Å²) in [7, 11) is 0. The smallest absolute Gasteiger partial charge is 0.120 e. The zero-order chi connectivity index (χ0) is 9.97. The second-order valence-corrected chi connectivity index (χ2v) is 4.31. The Kier molecular flexibility index (Phi) is 2.60. The van der Waals surface area contributed by atoms with Crippen LogP contribution in [0.2, 0.25) is 0 Å². The summed E-state index contributed by atoms with van der Waals surface area (Å²) >= 11 is 1.57. The number of furan rings is 1. The third-order valence-corrected chi connectivity index (χ3v) is 2.73. The van der Waals surface area contributed by atoms with Crippen LogP contribution in [-0.4, -0.2) is 10.2 Å². The van der Waals surface area contributed by atoms with E-state index in [2.05, 4.69) is 10.2 Å². The summed E-state index contributed by atoms with van der Waals surface area (Å²) in [6, 6.07) is 3.58. The van der Waals surface area contributed by atoms with E-state index in [-0.39, 0.29) is 6.04 Å². The number of hydrogen-bond acceptors (Lipinski definition) is 5. The molecule has 2 aromatic heterocycles. The minimum atomic E-state index is -0.127. The number of rotatable bonds is 3. The Morgan fingerprint density at radius 1 is 1.57 bits per heavy atom. The van der Waals surface area contributed by atoms with Gasteiger partial charge in [-0.3, -0.25) is 0 Å². The monoisotopic (exact) mass is 209 g/mol. The number of aryl methyl sites for hydroxylation is 1. The molecule has 1 atom stereocenters. The molecule has 0 spiro atoms. The Labute approximate surface area is 85.8 Å². The second-order valence-electron chi connectivity index (χ2n) is 3.04. The Balaban J connectivity index is 2.05. The van der Waals surface area contributed by atoms with Crippen LogP contribution in [0.5, 0.6) is 0 Å². The van der Waals surface area contributed by atoms with Crippen molar-refractivity contribution in [2.45, 2.75) is 19.4 Å². The number of aromatic nitrogens is 2. The summed E-state index contributed by atoms with van der Waals surface area (Å²) in [5.74, 6) is 0.790. The lowest BCUT2D eigenvalue weighted by atomic mass is 10.2. The van der Waals surface area contributed by atoms with Crippen molar-refractivity contribution < 1.29 is 4.42 Å². The molecule has 0 bridgehead atoms. The van der Waals surface area contributed by atoms with E-state index >= 15 is 0 Å². The predicted molar refractivity (Wildman–Crippen MR) is 54.0 cm³/mol. The first-order valence-electron chi connectivity index (χ1n) is 4.33. The zero-order valence-corrected chi connectivity index (χ0v) is 8.62. The Morgan fingerprint density at radius 2 is 2.43 bits per heavy atom. The van der Waals surface area contributed by atoms with Crippen LogP contribution in [0.25, 0.3) is 0 Å². The van der Waals surface area contributed by atoms with Crippen LogP contribution >= 0.6 is 11.3 Å². The van der Waals surface area contributed by atoms with Crippen LogP contribution in [-0.2, 0) is 6.42 Å². The highest BCUT2D eigenvalue weighted by Crippen LogP contribution is 2.18. The average molecular weight is 209 g/mol. The average Bonchev–Trinajstić information content (AvgIpc) is 2.75. The zero-order valence-electron chi connectivity index (χ0n) is 7.80. The van der Waals surface area contributed by atoms with Gasteiger partial charge in [-0.2, -0.15) is 0 Å². The number of nitrogens with zero attached hydrogens (tertiary/aromatic N) is 2. The molecule has 0 aromatic carbocycles. The van der Waals surface area contributed by atoms with Crippen molar-refractivity contribution in [1.82, 2.24) is 10.2 Å². The molecule has 0 saturated heterocycles. The van der Waals surface area contributed by atoms with Gasteiger partial charge in [0.05, 0.1) is 12.3 Å². The van der Waals surface area contributed by atoms with E-state index in [1.54, 1.807) is 17.6 Å². The van der Waals surface area contributed by atoms with Gasteiger partial charge in [0.25, 0.3) is 0 Å². The maximum Gasteiger partial charge on any atom is 0.120 e. The van der Waals surface area contributed by atoms with Crippen molar-refractivity contribution >= 4 is 11.3 Å². The molecular formula is C9H11N3OS. The van der Waals surface area contributed by atoms with E-state index in [0.29, 0.717) is 6.42 Å². The highest BCUT2D eigenvalue weighted by Gasteiger charge is 2.12. The quantitative estimate of drug-likeness (QED) is 0.835. The van der Waals surface area contributed by atoms with Crippen LogP contribution in [0.3, 0.4) is 0 Å². The summed E-state index contributed by atoms with van der Waals surface area (Å²) in [6.45, 7) is 1.93. The van der Waals surface area contributed by atoms with Crippen molar-refractivity contribution in [3.63, 3.8) is 0 Å². The van der Waals surface area contributed by atoms with Crippen molar-refractivity contribution in [3.8, 4) is 0 Å². The van der Waals surface area contributed by atoms with Gasteiger partial charge in [-0.1, -0.05) is 0 Å². The molecule has 74 valence electrons. The SMILES string of the molecule is Cc1nnc(CC(N)c2ccco2)s1. The van der Waals surface area contributed by atoms with Crippen LogP contribution in [0, 0.1) is 6.92 Å². The minimum absolute atomic E-state index is 0.127. The topological polar surface area (TPSA) is 64.9 Å². The van der Waals surface area contributed by atoms with E-state index in [4.69, 9.17) is 10.2 Å². The summed E-state index contributed by atoms with van der Waals surface area (Å²) in [5.41, 5.74) is 5.93. The van der Waals surface area contributed by atoms with E-state index < -0.39 is 0 Å². The number of nitrogens with two attached hydrogens (primary N) is 1. The maximum absolute atomic E-state index is 5.93. The Morgan fingerprint density at radius 3 is 3.00 bits per heavy atom. The van der Waals surface area contributed by atoms with Crippen molar-refractivity contribution in [2.75, 3.05) is 0 Å². The van der Waals surface area contributed by atoms with Crippen LogP contribution in [0.1, 0.15) is 21.8 Å². The summed E-state index contributed by atoms with van der Waals surface area (Å²) in [4.78, 5) is 0. The van der Waals surface area contributed by atoms with E-state index in [9.17, 15) is 0 Å². The maximum atomic E-state index is 5.93. The molecule has 0 fully saturated rings. The van der Waals surface area contributed by atoms with Gasteiger partial charge < -0.3 is 10.2 Å². The molecule has 4 nitrogen and oxygen atoms in total. The molecule has 2 aromatic rings. The lowest BCUT2D eigenvalue weighted by Crippen LogP contribution is -2.12. The normalized spacial score (nSPS) is 13.0.